The Labute approximate surface area is 162 Å². The Balaban J connectivity index is 1.40. The van der Waals surface area contributed by atoms with Crippen molar-refractivity contribution in [2.24, 2.45) is 5.41 Å². The summed E-state index contributed by atoms with van der Waals surface area (Å²) < 4.78 is 0. The maximum absolute atomic E-state index is 12.7. The molecule has 0 atom stereocenters. The fourth-order valence-corrected chi connectivity index (χ4v) is 3.84. The molecule has 2 heterocycles. The Morgan fingerprint density at radius 2 is 1.82 bits per heavy atom. The monoisotopic (exact) mass is 379 g/mol. The summed E-state index contributed by atoms with van der Waals surface area (Å²) in [5.41, 5.74) is 1.21. The van der Waals surface area contributed by atoms with Gasteiger partial charge in [-0.1, -0.05) is 18.6 Å². The van der Waals surface area contributed by atoms with E-state index in [2.05, 4.69) is 21.2 Å². The van der Waals surface area contributed by atoms with Gasteiger partial charge in [-0.2, -0.15) is 10.4 Å². The quantitative estimate of drug-likeness (QED) is 0.784. The Kier molecular flexibility index (Phi) is 4.51. The molecule has 2 fully saturated rings. The smallest absolute Gasteiger partial charge is 0.319 e. The van der Waals surface area contributed by atoms with E-state index in [0.717, 1.165) is 23.5 Å². The third-order valence-corrected chi connectivity index (χ3v) is 5.81. The summed E-state index contributed by atoms with van der Waals surface area (Å²) in [6.07, 6.45) is 1.67. The van der Waals surface area contributed by atoms with Crippen molar-refractivity contribution >= 4 is 17.7 Å². The number of rotatable bonds is 4. The van der Waals surface area contributed by atoms with Gasteiger partial charge in [0.25, 0.3) is 0 Å². The van der Waals surface area contributed by atoms with Crippen molar-refractivity contribution in [3.63, 3.8) is 0 Å². The molecule has 8 nitrogen and oxygen atoms in total. The summed E-state index contributed by atoms with van der Waals surface area (Å²) in [6.45, 7) is 2.21. The first-order chi connectivity index (χ1) is 13.5. The van der Waals surface area contributed by atoms with Gasteiger partial charge in [0.1, 0.15) is 5.41 Å². The average Bonchev–Trinajstić information content (AvgIpc) is 3.17. The standard InChI is InChI=1S/C20H21N5O3/c21-13-14-2-4-15(5-3-14)16-12-17(23-22-16)24-8-10-25(11-9-24)18(26)20(19(27)28)6-1-7-20/h2-5,12H,1,6-11H2,(H,22,23)(H,27,28). The van der Waals surface area contributed by atoms with Crippen molar-refractivity contribution in [2.75, 3.05) is 31.1 Å². The molecule has 2 aromatic rings. The first kappa shape index (κ1) is 18.0. The number of aromatic amines is 1. The van der Waals surface area contributed by atoms with Gasteiger partial charge in [0.05, 0.1) is 17.3 Å². The minimum Gasteiger partial charge on any atom is -0.480 e. The number of amides is 1. The van der Waals surface area contributed by atoms with Crippen LogP contribution in [0.25, 0.3) is 11.3 Å². The van der Waals surface area contributed by atoms with E-state index in [4.69, 9.17) is 5.26 Å². The molecule has 0 bridgehead atoms. The number of carboxylic acid groups (broad SMARTS) is 1. The second-order valence-corrected chi connectivity index (χ2v) is 7.35. The van der Waals surface area contributed by atoms with Crippen LogP contribution in [0.5, 0.6) is 0 Å². The Hall–Kier alpha value is -3.34. The lowest BCUT2D eigenvalue weighted by molar-refractivity contribution is -0.167. The third kappa shape index (κ3) is 2.99. The second kappa shape index (κ2) is 7.00. The summed E-state index contributed by atoms with van der Waals surface area (Å²) in [5.74, 6) is -0.445. The molecule has 8 heteroatoms. The summed E-state index contributed by atoms with van der Waals surface area (Å²) in [7, 11) is 0. The number of nitrogens with zero attached hydrogens (tertiary/aromatic N) is 4. The Morgan fingerprint density at radius 1 is 1.14 bits per heavy atom. The van der Waals surface area contributed by atoms with E-state index >= 15 is 0 Å². The topological polar surface area (TPSA) is 113 Å². The number of nitrogens with one attached hydrogen (secondary N) is 1. The van der Waals surface area contributed by atoms with Crippen molar-refractivity contribution < 1.29 is 14.7 Å². The van der Waals surface area contributed by atoms with Gasteiger partial charge in [-0.25, -0.2) is 0 Å². The van der Waals surface area contributed by atoms with Crippen LogP contribution >= 0.6 is 0 Å². The number of hydrogen-bond donors (Lipinski definition) is 2. The van der Waals surface area contributed by atoms with Crippen LogP contribution in [0, 0.1) is 16.7 Å². The molecule has 0 unspecified atom stereocenters. The van der Waals surface area contributed by atoms with Gasteiger partial charge in [0.15, 0.2) is 5.82 Å². The number of carboxylic acids is 1. The summed E-state index contributed by atoms with van der Waals surface area (Å²) >= 11 is 0. The molecule has 1 saturated heterocycles. The Morgan fingerprint density at radius 3 is 2.36 bits per heavy atom. The lowest BCUT2D eigenvalue weighted by Crippen LogP contribution is -2.57. The van der Waals surface area contributed by atoms with E-state index in [-0.39, 0.29) is 5.91 Å². The first-order valence-corrected chi connectivity index (χ1v) is 9.37. The maximum Gasteiger partial charge on any atom is 0.319 e. The van der Waals surface area contributed by atoms with Crippen LogP contribution in [0.2, 0.25) is 0 Å². The van der Waals surface area contributed by atoms with E-state index in [9.17, 15) is 14.7 Å². The summed E-state index contributed by atoms with van der Waals surface area (Å²) in [5, 5.41) is 25.8. The number of nitriles is 1. The van der Waals surface area contributed by atoms with Gasteiger partial charge in [-0.3, -0.25) is 14.7 Å². The molecule has 1 amide bonds. The molecule has 1 saturated carbocycles. The number of hydrogen-bond acceptors (Lipinski definition) is 5. The van der Waals surface area contributed by atoms with E-state index in [1.54, 1.807) is 17.0 Å². The van der Waals surface area contributed by atoms with Crippen molar-refractivity contribution in [3.05, 3.63) is 35.9 Å². The SMILES string of the molecule is N#Cc1ccc(-c2cc(N3CCN(C(=O)C4(C(=O)O)CCC4)CC3)n[nH]2)cc1. The van der Waals surface area contributed by atoms with Crippen LogP contribution in [0.4, 0.5) is 5.82 Å². The van der Waals surface area contributed by atoms with E-state index in [0.29, 0.717) is 44.6 Å². The van der Waals surface area contributed by atoms with Gasteiger partial charge in [-0.05, 0) is 30.5 Å². The molecule has 2 N–H and O–H groups in total. The molecule has 2 aliphatic rings. The Bertz CT molecular complexity index is 931. The average molecular weight is 379 g/mol. The molecule has 144 valence electrons. The van der Waals surface area contributed by atoms with Gasteiger partial charge in [0, 0.05) is 32.2 Å². The lowest BCUT2D eigenvalue weighted by atomic mass is 9.67. The molecule has 1 aliphatic carbocycles. The summed E-state index contributed by atoms with van der Waals surface area (Å²) in [6, 6.07) is 11.3. The third-order valence-electron chi connectivity index (χ3n) is 5.81. The fourth-order valence-electron chi connectivity index (χ4n) is 3.84. The number of piperazine rings is 1. The van der Waals surface area contributed by atoms with Gasteiger partial charge in [-0.15, -0.1) is 0 Å². The van der Waals surface area contributed by atoms with Crippen LogP contribution in [-0.2, 0) is 9.59 Å². The van der Waals surface area contributed by atoms with Gasteiger partial charge in [0.2, 0.25) is 5.91 Å². The normalized spacial score (nSPS) is 18.2. The number of aliphatic carboxylic acids is 1. The van der Waals surface area contributed by atoms with Gasteiger partial charge >= 0.3 is 5.97 Å². The maximum atomic E-state index is 12.7. The molecular formula is C20H21N5O3. The molecule has 1 aliphatic heterocycles. The van der Waals surface area contributed by atoms with Crippen LogP contribution < -0.4 is 4.90 Å². The zero-order valence-corrected chi connectivity index (χ0v) is 15.4. The van der Waals surface area contributed by atoms with E-state index < -0.39 is 11.4 Å². The second-order valence-electron chi connectivity index (χ2n) is 7.35. The molecule has 4 rings (SSSR count). The number of benzene rings is 1. The van der Waals surface area contributed by atoms with E-state index in [1.807, 2.05) is 18.2 Å². The highest BCUT2D eigenvalue weighted by Gasteiger charge is 2.53. The highest BCUT2D eigenvalue weighted by atomic mass is 16.4. The minimum absolute atomic E-state index is 0.244. The van der Waals surface area contributed by atoms with Gasteiger partial charge < -0.3 is 14.9 Å². The van der Waals surface area contributed by atoms with Crippen LogP contribution in [-0.4, -0.2) is 58.3 Å². The zero-order valence-electron chi connectivity index (χ0n) is 15.4. The first-order valence-electron chi connectivity index (χ1n) is 9.37. The van der Waals surface area contributed by atoms with Crippen molar-refractivity contribution in [3.8, 4) is 17.3 Å². The lowest BCUT2D eigenvalue weighted by Gasteiger charge is -2.43. The van der Waals surface area contributed by atoms with Crippen LogP contribution in [0.3, 0.4) is 0 Å². The van der Waals surface area contributed by atoms with Crippen LogP contribution in [0.15, 0.2) is 30.3 Å². The predicted molar refractivity (Wildman–Crippen MR) is 101 cm³/mol. The number of carbonyl (C=O) groups is 2. The number of anilines is 1. The molecular weight excluding hydrogens is 358 g/mol. The van der Waals surface area contributed by atoms with Crippen molar-refractivity contribution in [1.29, 1.82) is 5.26 Å². The molecule has 0 spiro atoms. The minimum atomic E-state index is -1.20. The fraction of sp³-hybridized carbons (Fsp3) is 0.400. The van der Waals surface area contributed by atoms with Crippen molar-refractivity contribution in [1.82, 2.24) is 15.1 Å². The van der Waals surface area contributed by atoms with E-state index in [1.165, 1.54) is 0 Å². The van der Waals surface area contributed by atoms with Crippen LogP contribution in [0.1, 0.15) is 24.8 Å². The highest BCUT2D eigenvalue weighted by Crippen LogP contribution is 2.43. The number of H-pyrrole nitrogens is 1. The highest BCUT2D eigenvalue weighted by molar-refractivity contribution is 6.02. The van der Waals surface area contributed by atoms with Crippen molar-refractivity contribution in [2.45, 2.75) is 19.3 Å². The molecule has 28 heavy (non-hydrogen) atoms. The summed E-state index contributed by atoms with van der Waals surface area (Å²) in [4.78, 5) is 28.0. The predicted octanol–water partition coefficient (Wildman–Crippen LogP) is 1.85. The zero-order chi connectivity index (χ0) is 19.7. The number of carbonyl (C=O) groups excluding carboxylic acids is 1. The largest absolute Gasteiger partial charge is 0.480 e. The molecule has 1 aromatic carbocycles. The molecule has 1 aromatic heterocycles. The number of aromatic nitrogens is 2. The molecule has 0 radical (unpaired) electrons.